The lowest BCUT2D eigenvalue weighted by atomic mass is 10.4. The van der Waals surface area contributed by atoms with E-state index in [4.69, 9.17) is 15.6 Å². The molecule has 0 amide bonds. The highest BCUT2D eigenvalue weighted by Crippen LogP contribution is 2.16. The smallest absolute Gasteiger partial charge is 0.323 e. The first-order valence-corrected chi connectivity index (χ1v) is 7.35. The highest BCUT2D eigenvalue weighted by molar-refractivity contribution is 5.36. The Bertz CT molecular complexity index is 456. The molecule has 1 aliphatic heterocycles. The molecule has 0 spiro atoms. The molecular weight excluding hydrogens is 272 g/mol. The zero-order chi connectivity index (χ0) is 15.2. The van der Waals surface area contributed by atoms with Gasteiger partial charge in [0.1, 0.15) is 0 Å². The van der Waals surface area contributed by atoms with Crippen LogP contribution in [0.1, 0.15) is 20.3 Å². The second kappa shape index (κ2) is 7.37. The molecule has 0 aromatic carbocycles. The minimum atomic E-state index is -0.0103. The van der Waals surface area contributed by atoms with Crippen molar-refractivity contribution in [1.29, 1.82) is 0 Å². The second-order valence-corrected chi connectivity index (χ2v) is 5.35. The Kier molecular flexibility index (Phi) is 5.51. The lowest BCUT2D eigenvalue weighted by Crippen LogP contribution is -2.33. The van der Waals surface area contributed by atoms with Crippen molar-refractivity contribution in [3.05, 3.63) is 0 Å². The maximum atomic E-state index is 9.03. The third kappa shape index (κ3) is 4.68. The number of nitrogen functional groups attached to an aromatic ring is 1. The summed E-state index contributed by atoms with van der Waals surface area (Å²) in [5.41, 5.74) is 5.74. The van der Waals surface area contributed by atoms with Gasteiger partial charge in [-0.2, -0.15) is 15.0 Å². The normalized spacial score (nSPS) is 17.0. The summed E-state index contributed by atoms with van der Waals surface area (Å²) in [4.78, 5) is 16.9. The van der Waals surface area contributed by atoms with Crippen molar-refractivity contribution in [3.63, 3.8) is 0 Å². The van der Waals surface area contributed by atoms with E-state index in [-0.39, 0.29) is 24.7 Å². The monoisotopic (exact) mass is 296 g/mol. The largest absolute Gasteiger partial charge is 0.461 e. The number of β-amino-alcohol motifs (C(OH)–C–C–N with tert-alkyl or cyclic N) is 1. The van der Waals surface area contributed by atoms with Gasteiger partial charge in [0.05, 0.1) is 12.7 Å². The van der Waals surface area contributed by atoms with E-state index in [1.165, 1.54) is 0 Å². The molecule has 1 aromatic heterocycles. The van der Waals surface area contributed by atoms with E-state index in [0.717, 1.165) is 32.6 Å². The van der Waals surface area contributed by atoms with Gasteiger partial charge >= 0.3 is 6.01 Å². The topological polar surface area (TPSA) is 101 Å². The minimum Gasteiger partial charge on any atom is -0.461 e. The summed E-state index contributed by atoms with van der Waals surface area (Å²) in [6.07, 6.45) is 0.982. The molecule has 0 aliphatic carbocycles. The maximum absolute atomic E-state index is 9.03. The van der Waals surface area contributed by atoms with Crippen LogP contribution in [0, 0.1) is 0 Å². The molecule has 21 heavy (non-hydrogen) atoms. The Balaban J connectivity index is 2.08. The molecule has 118 valence electrons. The first kappa shape index (κ1) is 15.7. The summed E-state index contributed by atoms with van der Waals surface area (Å²) in [6.45, 7) is 8.20. The quantitative estimate of drug-likeness (QED) is 0.767. The van der Waals surface area contributed by atoms with E-state index in [1.807, 2.05) is 13.8 Å². The Hall–Kier alpha value is -1.67. The number of hydrogen-bond acceptors (Lipinski definition) is 8. The molecule has 8 heteroatoms. The standard InChI is InChI=1S/C13H24N6O2/c1-10(2)21-13-16-11(14)15-12(17-13)19-5-3-4-18(6-7-19)8-9-20/h10,20H,3-9H2,1-2H3,(H2,14,15,16,17). The van der Waals surface area contributed by atoms with Gasteiger partial charge < -0.3 is 20.5 Å². The summed E-state index contributed by atoms with van der Waals surface area (Å²) in [5, 5.41) is 9.03. The van der Waals surface area contributed by atoms with Gasteiger partial charge in [0.15, 0.2) is 0 Å². The van der Waals surface area contributed by atoms with Crippen molar-refractivity contribution in [3.8, 4) is 6.01 Å². The van der Waals surface area contributed by atoms with Crippen LogP contribution >= 0.6 is 0 Å². The van der Waals surface area contributed by atoms with Crippen LogP contribution in [0.15, 0.2) is 0 Å². The fourth-order valence-electron chi connectivity index (χ4n) is 2.30. The average molecular weight is 296 g/mol. The van der Waals surface area contributed by atoms with Crippen LogP contribution in [0.5, 0.6) is 6.01 Å². The zero-order valence-corrected chi connectivity index (χ0v) is 12.7. The third-order valence-corrected chi connectivity index (χ3v) is 3.25. The molecular formula is C13H24N6O2. The van der Waals surface area contributed by atoms with Gasteiger partial charge in [0.25, 0.3) is 0 Å². The van der Waals surface area contributed by atoms with E-state index < -0.39 is 0 Å². The SMILES string of the molecule is CC(C)Oc1nc(N)nc(N2CCCN(CCO)CC2)n1. The molecule has 2 rings (SSSR count). The zero-order valence-electron chi connectivity index (χ0n) is 12.7. The van der Waals surface area contributed by atoms with Gasteiger partial charge in [-0.25, -0.2) is 0 Å². The van der Waals surface area contributed by atoms with E-state index >= 15 is 0 Å². The van der Waals surface area contributed by atoms with E-state index in [0.29, 0.717) is 12.5 Å². The Morgan fingerprint density at radius 3 is 2.71 bits per heavy atom. The fourth-order valence-corrected chi connectivity index (χ4v) is 2.30. The van der Waals surface area contributed by atoms with Crippen molar-refractivity contribution in [2.24, 2.45) is 0 Å². The molecule has 1 saturated heterocycles. The third-order valence-electron chi connectivity index (χ3n) is 3.25. The van der Waals surface area contributed by atoms with Crippen LogP contribution in [0.2, 0.25) is 0 Å². The van der Waals surface area contributed by atoms with Crippen LogP contribution in [-0.2, 0) is 0 Å². The summed E-state index contributed by atoms with van der Waals surface area (Å²) in [7, 11) is 0. The number of aromatic nitrogens is 3. The Morgan fingerprint density at radius 1 is 1.19 bits per heavy atom. The van der Waals surface area contributed by atoms with E-state index in [1.54, 1.807) is 0 Å². The Labute approximate surface area is 125 Å². The first-order chi connectivity index (χ1) is 10.1. The summed E-state index contributed by atoms with van der Waals surface area (Å²) in [6, 6.07) is 0.268. The number of rotatable bonds is 5. The molecule has 1 aliphatic rings. The van der Waals surface area contributed by atoms with Gasteiger partial charge in [-0.3, -0.25) is 4.90 Å². The van der Waals surface area contributed by atoms with Crippen LogP contribution in [0.4, 0.5) is 11.9 Å². The van der Waals surface area contributed by atoms with Crippen LogP contribution in [0.3, 0.4) is 0 Å². The maximum Gasteiger partial charge on any atom is 0.323 e. The van der Waals surface area contributed by atoms with Crippen molar-refractivity contribution in [2.75, 3.05) is 50.0 Å². The Morgan fingerprint density at radius 2 is 2.00 bits per heavy atom. The van der Waals surface area contributed by atoms with Gasteiger partial charge in [-0.05, 0) is 26.8 Å². The van der Waals surface area contributed by atoms with Crippen molar-refractivity contribution in [2.45, 2.75) is 26.4 Å². The van der Waals surface area contributed by atoms with Crippen LogP contribution < -0.4 is 15.4 Å². The fraction of sp³-hybridized carbons (Fsp3) is 0.769. The average Bonchev–Trinajstić information content (AvgIpc) is 2.63. The molecule has 2 heterocycles. The number of anilines is 2. The van der Waals surface area contributed by atoms with E-state index in [2.05, 4.69) is 24.8 Å². The number of ether oxygens (including phenoxy) is 1. The number of nitrogens with two attached hydrogens (primary N) is 1. The molecule has 8 nitrogen and oxygen atoms in total. The highest BCUT2D eigenvalue weighted by Gasteiger charge is 2.18. The van der Waals surface area contributed by atoms with Crippen molar-refractivity contribution >= 4 is 11.9 Å². The van der Waals surface area contributed by atoms with Crippen molar-refractivity contribution < 1.29 is 9.84 Å². The molecule has 0 bridgehead atoms. The summed E-state index contributed by atoms with van der Waals surface area (Å²) < 4.78 is 5.51. The highest BCUT2D eigenvalue weighted by atomic mass is 16.5. The van der Waals surface area contributed by atoms with Crippen LogP contribution in [-0.4, -0.2) is 70.4 Å². The van der Waals surface area contributed by atoms with Gasteiger partial charge in [0, 0.05) is 26.2 Å². The van der Waals surface area contributed by atoms with Crippen molar-refractivity contribution in [1.82, 2.24) is 19.9 Å². The first-order valence-electron chi connectivity index (χ1n) is 7.35. The van der Waals surface area contributed by atoms with Gasteiger partial charge in [0.2, 0.25) is 11.9 Å². The summed E-state index contributed by atoms with van der Waals surface area (Å²) in [5.74, 6) is 0.733. The number of nitrogens with zero attached hydrogens (tertiary/aromatic N) is 5. The van der Waals surface area contributed by atoms with Crippen LogP contribution in [0.25, 0.3) is 0 Å². The molecule has 1 aromatic rings. The molecule has 0 atom stereocenters. The lowest BCUT2D eigenvalue weighted by Gasteiger charge is -2.21. The predicted octanol–water partition coefficient (Wildman–Crippen LogP) is -0.255. The number of aliphatic hydroxyl groups excluding tert-OH is 1. The van der Waals surface area contributed by atoms with Gasteiger partial charge in [-0.15, -0.1) is 0 Å². The molecule has 3 N–H and O–H groups in total. The molecule has 0 saturated carbocycles. The lowest BCUT2D eigenvalue weighted by molar-refractivity contribution is 0.204. The number of aliphatic hydroxyl groups is 1. The van der Waals surface area contributed by atoms with E-state index in [9.17, 15) is 0 Å². The van der Waals surface area contributed by atoms with Gasteiger partial charge in [-0.1, -0.05) is 0 Å². The second-order valence-electron chi connectivity index (χ2n) is 5.35. The minimum absolute atomic E-state index is 0.0103. The molecule has 1 fully saturated rings. The summed E-state index contributed by atoms with van der Waals surface area (Å²) >= 11 is 0. The molecule has 0 unspecified atom stereocenters. The predicted molar refractivity (Wildman–Crippen MR) is 80.4 cm³/mol. The number of hydrogen-bond donors (Lipinski definition) is 2. The molecule has 0 radical (unpaired) electrons.